The van der Waals surface area contributed by atoms with Crippen molar-refractivity contribution in [2.24, 2.45) is 7.05 Å². The van der Waals surface area contributed by atoms with Gasteiger partial charge in [-0.2, -0.15) is 0 Å². The third-order valence-corrected chi connectivity index (χ3v) is 10.6. The van der Waals surface area contributed by atoms with E-state index >= 15 is 0 Å². The van der Waals surface area contributed by atoms with Crippen molar-refractivity contribution in [1.29, 1.82) is 0 Å². The maximum Gasteiger partial charge on any atom is 0.354 e. The van der Waals surface area contributed by atoms with E-state index < -0.39 is 5.97 Å². The van der Waals surface area contributed by atoms with Crippen LogP contribution in [0, 0.1) is 27.7 Å². The molecular weight excluding hydrogens is 675 g/mol. The zero-order valence-corrected chi connectivity index (χ0v) is 30.1. The number of nitrogens with zero attached hydrogens (tertiary/aromatic N) is 6. The number of aryl methyl sites for hydroxylation is 6. The first-order valence-corrected chi connectivity index (χ1v) is 17.2. The van der Waals surface area contributed by atoms with Crippen LogP contribution < -0.4 is 9.64 Å². The summed E-state index contributed by atoms with van der Waals surface area (Å²) >= 11 is 13.4. The van der Waals surface area contributed by atoms with Crippen LogP contribution in [0.4, 0.5) is 5.82 Å². The van der Waals surface area contributed by atoms with Crippen molar-refractivity contribution in [2.75, 3.05) is 18.1 Å². The van der Waals surface area contributed by atoms with Gasteiger partial charge in [-0.3, -0.25) is 9.69 Å². The van der Waals surface area contributed by atoms with Gasteiger partial charge in [0.05, 0.1) is 28.2 Å². The van der Waals surface area contributed by atoms with Crippen LogP contribution in [0.5, 0.6) is 5.75 Å². The molecule has 5 heterocycles. The number of fused-ring (bicyclic) bond motifs is 4. The van der Waals surface area contributed by atoms with E-state index in [1.54, 1.807) is 23.4 Å². The van der Waals surface area contributed by atoms with Crippen LogP contribution in [0.2, 0.25) is 10.0 Å². The van der Waals surface area contributed by atoms with Crippen LogP contribution in [0.25, 0.3) is 33.1 Å². The largest absolute Gasteiger partial charge is 0.494 e. The second kappa shape index (κ2) is 12.8. The maximum absolute atomic E-state index is 14.9. The monoisotopic (exact) mass is 710 g/mol. The van der Waals surface area contributed by atoms with E-state index in [1.165, 1.54) is 6.07 Å². The molecule has 0 saturated carbocycles. The molecule has 0 saturated heterocycles. The van der Waals surface area contributed by atoms with E-state index in [2.05, 4.69) is 26.4 Å². The summed E-state index contributed by atoms with van der Waals surface area (Å²) in [5.41, 5.74) is 8.70. The van der Waals surface area contributed by atoms with E-state index in [0.717, 1.165) is 66.4 Å². The lowest BCUT2D eigenvalue weighted by atomic mass is 9.97. The highest BCUT2D eigenvalue weighted by Crippen LogP contribution is 2.45. The molecule has 1 aliphatic heterocycles. The number of ether oxygens (including phenoxy) is 1. The molecule has 0 fully saturated rings. The van der Waals surface area contributed by atoms with Gasteiger partial charge in [-0.25, -0.2) is 19.7 Å². The van der Waals surface area contributed by atoms with Crippen LogP contribution in [0.15, 0.2) is 48.8 Å². The molecule has 0 unspecified atom stereocenters. The average Bonchev–Trinajstić information content (AvgIpc) is 3.59. The van der Waals surface area contributed by atoms with Gasteiger partial charge in [-0.15, -0.1) is 0 Å². The summed E-state index contributed by atoms with van der Waals surface area (Å²) in [6.07, 6.45) is 2.77. The molecule has 10 nitrogen and oxygen atoms in total. The van der Waals surface area contributed by atoms with E-state index in [9.17, 15) is 14.7 Å². The van der Waals surface area contributed by atoms with Gasteiger partial charge in [0.25, 0.3) is 5.91 Å². The van der Waals surface area contributed by atoms with Gasteiger partial charge in [0.1, 0.15) is 29.3 Å². The average molecular weight is 712 g/mol. The molecule has 7 rings (SSSR count). The number of carboxylic acids is 1. The van der Waals surface area contributed by atoms with Crippen molar-refractivity contribution in [2.45, 2.75) is 53.5 Å². The number of hydrogen-bond acceptors (Lipinski definition) is 6. The van der Waals surface area contributed by atoms with Crippen LogP contribution in [-0.2, 0) is 13.5 Å². The smallest absolute Gasteiger partial charge is 0.354 e. The Balaban J connectivity index is 1.36. The van der Waals surface area contributed by atoms with Crippen LogP contribution in [0.1, 0.15) is 68.4 Å². The summed E-state index contributed by atoms with van der Waals surface area (Å²) in [5.74, 6) is 0.114. The molecule has 0 radical (unpaired) electrons. The molecule has 50 heavy (non-hydrogen) atoms. The number of aromatic nitrogens is 5. The minimum absolute atomic E-state index is 0.0542. The first-order valence-electron chi connectivity index (χ1n) is 16.4. The fraction of sp³-hybridized carbons (Fsp3) is 0.289. The highest BCUT2D eigenvalue weighted by molar-refractivity contribution is 6.35. The quantitative estimate of drug-likeness (QED) is 0.158. The van der Waals surface area contributed by atoms with E-state index in [0.29, 0.717) is 48.0 Å². The number of rotatable bonds is 8. The maximum atomic E-state index is 14.9. The predicted molar refractivity (Wildman–Crippen MR) is 196 cm³/mol. The number of anilines is 1. The fourth-order valence-electron chi connectivity index (χ4n) is 7.32. The molecule has 1 aliphatic rings. The van der Waals surface area contributed by atoms with Crippen molar-refractivity contribution < 1.29 is 19.4 Å². The van der Waals surface area contributed by atoms with Crippen LogP contribution in [-0.4, -0.2) is 54.2 Å². The lowest BCUT2D eigenvalue weighted by Gasteiger charge is -2.34. The number of carbonyl (C=O) groups is 2. The molecule has 0 spiro atoms. The van der Waals surface area contributed by atoms with Crippen molar-refractivity contribution in [1.82, 2.24) is 24.1 Å². The molecular formula is C38H36Cl2N6O4. The molecule has 12 heteroatoms. The number of halogens is 2. The standard InChI is InChI=1S/C38H36Cl2N6O4/c1-19-14-24(15-20(2)34(19)40)50-13-7-8-25-26-9-10-27(39)33(32-22(4)41-18-42-23(32)5)35(26)46-21(3)17-45(37(47)36(25)46)31-16-29-30(44(31)6)12-11-28(43-29)38(48)49/h9-12,14-16,18,21H,7-8,13,17H2,1-6H3,(H,48,49)/t21-/m1/s1. The first kappa shape index (κ1) is 33.6. The first-order chi connectivity index (χ1) is 23.9. The van der Waals surface area contributed by atoms with E-state index in [4.69, 9.17) is 27.9 Å². The van der Waals surface area contributed by atoms with E-state index in [1.807, 2.05) is 63.6 Å². The zero-order chi connectivity index (χ0) is 35.6. The van der Waals surface area contributed by atoms with Gasteiger partial charge in [-0.05, 0) is 94.5 Å². The highest BCUT2D eigenvalue weighted by Gasteiger charge is 2.37. The van der Waals surface area contributed by atoms with Crippen LogP contribution >= 0.6 is 23.2 Å². The molecule has 4 aromatic heterocycles. The predicted octanol–water partition coefficient (Wildman–Crippen LogP) is 8.46. The Kier molecular flexibility index (Phi) is 8.56. The molecule has 0 aliphatic carbocycles. The van der Waals surface area contributed by atoms with E-state index in [-0.39, 0.29) is 17.6 Å². The van der Waals surface area contributed by atoms with Crippen molar-refractivity contribution in [3.8, 4) is 16.9 Å². The number of amides is 1. The minimum Gasteiger partial charge on any atom is -0.494 e. The summed E-state index contributed by atoms with van der Waals surface area (Å²) in [4.78, 5) is 41.6. The second-order valence-electron chi connectivity index (χ2n) is 13.0. The SMILES string of the molecule is Cc1cc(OCCCc2c3n(c4c(-c5c(C)ncnc5C)c(Cl)ccc24)[C@H](C)CN(c2cc4nc(C(=O)O)ccc4n2C)C3=O)cc(C)c1Cl. The van der Waals surface area contributed by atoms with Gasteiger partial charge >= 0.3 is 5.97 Å². The summed E-state index contributed by atoms with van der Waals surface area (Å²) in [6, 6.07) is 12.6. The molecule has 6 aromatic rings. The Morgan fingerprint density at radius 1 is 1.00 bits per heavy atom. The topological polar surface area (TPSA) is 115 Å². The molecule has 1 atom stereocenters. The fourth-order valence-corrected chi connectivity index (χ4v) is 7.68. The van der Waals surface area contributed by atoms with Gasteiger partial charge in [0.2, 0.25) is 0 Å². The van der Waals surface area contributed by atoms with Gasteiger partial charge in [0, 0.05) is 58.6 Å². The number of aromatic carboxylic acids is 1. The molecule has 256 valence electrons. The lowest BCUT2D eigenvalue weighted by Crippen LogP contribution is -2.43. The Hall–Kier alpha value is -4.93. The Bertz CT molecular complexity index is 2340. The third kappa shape index (κ3) is 5.47. The summed E-state index contributed by atoms with van der Waals surface area (Å²) < 4.78 is 10.2. The highest BCUT2D eigenvalue weighted by atomic mass is 35.5. The van der Waals surface area contributed by atoms with Crippen LogP contribution in [0.3, 0.4) is 0 Å². The van der Waals surface area contributed by atoms with Gasteiger partial charge in [-0.1, -0.05) is 29.3 Å². The molecule has 1 amide bonds. The molecule has 0 bridgehead atoms. The van der Waals surface area contributed by atoms with Gasteiger partial charge in [0.15, 0.2) is 0 Å². The molecule has 2 aromatic carbocycles. The zero-order valence-electron chi connectivity index (χ0n) is 28.6. The number of hydrogen-bond donors (Lipinski definition) is 1. The third-order valence-electron chi connectivity index (χ3n) is 9.65. The van der Waals surface area contributed by atoms with Gasteiger partial charge < -0.3 is 19.0 Å². The number of pyridine rings is 1. The minimum atomic E-state index is -1.11. The normalized spacial score (nSPS) is 14.5. The summed E-state index contributed by atoms with van der Waals surface area (Å²) in [6.45, 7) is 10.7. The number of carbonyl (C=O) groups excluding carboxylic acids is 1. The molecule has 1 N–H and O–H groups in total. The Morgan fingerprint density at radius 3 is 2.38 bits per heavy atom. The van der Waals surface area contributed by atoms with Crippen molar-refractivity contribution >= 4 is 62.8 Å². The summed E-state index contributed by atoms with van der Waals surface area (Å²) in [7, 11) is 1.86. The number of benzene rings is 2. The Morgan fingerprint density at radius 2 is 1.70 bits per heavy atom. The summed E-state index contributed by atoms with van der Waals surface area (Å²) in [5, 5.41) is 11.8. The van der Waals surface area contributed by atoms with Crippen molar-refractivity contribution in [3.63, 3.8) is 0 Å². The Labute approximate surface area is 299 Å². The number of carboxylic acid groups (broad SMARTS) is 1. The second-order valence-corrected chi connectivity index (χ2v) is 13.8. The van der Waals surface area contributed by atoms with Crippen molar-refractivity contribution in [3.05, 3.63) is 98.3 Å². The lowest BCUT2D eigenvalue weighted by molar-refractivity contribution is 0.0690.